The average molecular weight is 257 g/mol. The molecular weight excluding hydrogens is 244 g/mol. The third-order valence-electron chi connectivity index (χ3n) is 2.65. The van der Waals surface area contributed by atoms with Crippen molar-refractivity contribution in [3.05, 3.63) is 23.3 Å². The van der Waals surface area contributed by atoms with Gasteiger partial charge in [0.25, 0.3) is 5.92 Å². The van der Waals surface area contributed by atoms with Gasteiger partial charge in [-0.3, -0.25) is 4.79 Å². The lowest BCUT2D eigenvalue weighted by Crippen LogP contribution is -2.12. The van der Waals surface area contributed by atoms with Crippen LogP contribution in [0, 0.1) is 0 Å². The van der Waals surface area contributed by atoms with Crippen LogP contribution in [0.5, 0.6) is 11.5 Å². The summed E-state index contributed by atoms with van der Waals surface area (Å²) in [5.74, 6) is -2.97. The van der Waals surface area contributed by atoms with Gasteiger partial charge in [0.15, 0.2) is 17.3 Å². The molecule has 0 saturated heterocycles. The van der Waals surface area contributed by atoms with Crippen molar-refractivity contribution in [3.63, 3.8) is 0 Å². The van der Waals surface area contributed by atoms with Gasteiger partial charge in [-0.25, -0.2) is 8.78 Å². The van der Waals surface area contributed by atoms with Crippen LogP contribution < -0.4 is 15.2 Å². The van der Waals surface area contributed by atoms with Gasteiger partial charge in [-0.15, -0.1) is 0 Å². The molecule has 0 saturated carbocycles. The maximum Gasteiger partial charge on any atom is 0.270 e. The molecule has 0 amide bonds. The molecule has 1 aromatic carbocycles. The molecule has 2 rings (SSSR count). The number of hydrogen-bond acceptors (Lipinski definition) is 4. The Morgan fingerprint density at radius 3 is 2.78 bits per heavy atom. The number of ketones is 1. The molecule has 1 heterocycles. The SMILES string of the molecule is CC(F)(F)c1cc2c(c(C(=O)CCN)c1)OCO2. The van der Waals surface area contributed by atoms with Gasteiger partial charge in [-0.1, -0.05) is 0 Å². The predicted octanol–water partition coefficient (Wildman–Crippen LogP) is 2.06. The Morgan fingerprint density at radius 1 is 1.44 bits per heavy atom. The van der Waals surface area contributed by atoms with Crippen LogP contribution in [0.2, 0.25) is 0 Å². The van der Waals surface area contributed by atoms with Crippen molar-refractivity contribution in [2.45, 2.75) is 19.3 Å². The third kappa shape index (κ3) is 2.28. The van der Waals surface area contributed by atoms with E-state index in [1.165, 1.54) is 6.07 Å². The summed E-state index contributed by atoms with van der Waals surface area (Å²) in [6.07, 6.45) is 0.0779. The van der Waals surface area contributed by atoms with Gasteiger partial charge in [0, 0.05) is 18.9 Å². The number of hydrogen-bond donors (Lipinski definition) is 1. The highest BCUT2D eigenvalue weighted by atomic mass is 19.3. The van der Waals surface area contributed by atoms with E-state index in [-0.39, 0.29) is 48.2 Å². The number of halogens is 2. The molecule has 1 aromatic rings. The summed E-state index contributed by atoms with van der Waals surface area (Å²) in [5, 5.41) is 0. The van der Waals surface area contributed by atoms with Gasteiger partial charge in [-0.2, -0.15) is 0 Å². The number of carbonyl (C=O) groups is 1. The third-order valence-corrected chi connectivity index (χ3v) is 2.65. The van der Waals surface area contributed by atoms with E-state index in [0.29, 0.717) is 0 Å². The molecule has 0 unspecified atom stereocenters. The normalized spacial score (nSPS) is 13.8. The Labute approximate surface area is 103 Å². The van der Waals surface area contributed by atoms with Crippen LogP contribution in [-0.2, 0) is 5.92 Å². The maximum absolute atomic E-state index is 13.3. The van der Waals surface area contributed by atoms with Crippen molar-refractivity contribution < 1.29 is 23.0 Å². The van der Waals surface area contributed by atoms with Crippen molar-refractivity contribution >= 4 is 5.78 Å². The molecular formula is C12H13F2NO3. The van der Waals surface area contributed by atoms with Gasteiger partial charge in [-0.05, 0) is 18.7 Å². The summed E-state index contributed by atoms with van der Waals surface area (Å²) in [4.78, 5) is 11.8. The lowest BCUT2D eigenvalue weighted by molar-refractivity contribution is 0.0172. The fourth-order valence-corrected chi connectivity index (χ4v) is 1.74. The number of benzene rings is 1. The van der Waals surface area contributed by atoms with Crippen LogP contribution in [0.3, 0.4) is 0 Å². The molecule has 0 aromatic heterocycles. The zero-order valence-corrected chi connectivity index (χ0v) is 9.83. The van der Waals surface area contributed by atoms with Crippen molar-refractivity contribution in [2.75, 3.05) is 13.3 Å². The van der Waals surface area contributed by atoms with Crippen molar-refractivity contribution in [1.82, 2.24) is 0 Å². The number of fused-ring (bicyclic) bond motifs is 1. The first-order chi connectivity index (χ1) is 8.43. The quantitative estimate of drug-likeness (QED) is 0.839. The molecule has 18 heavy (non-hydrogen) atoms. The summed E-state index contributed by atoms with van der Waals surface area (Å²) in [7, 11) is 0. The second-order valence-corrected chi connectivity index (χ2v) is 4.11. The van der Waals surface area contributed by atoms with Gasteiger partial charge in [0.2, 0.25) is 6.79 Å². The summed E-state index contributed by atoms with van der Waals surface area (Å²) < 4.78 is 36.8. The molecule has 4 nitrogen and oxygen atoms in total. The molecule has 0 bridgehead atoms. The zero-order chi connectivity index (χ0) is 13.3. The summed E-state index contributed by atoms with van der Waals surface area (Å²) in [5.41, 5.74) is 5.13. The number of ether oxygens (including phenoxy) is 2. The topological polar surface area (TPSA) is 61.6 Å². The minimum Gasteiger partial charge on any atom is -0.454 e. The largest absolute Gasteiger partial charge is 0.454 e. The molecule has 0 spiro atoms. The molecule has 1 aliphatic rings. The fraction of sp³-hybridized carbons (Fsp3) is 0.417. The maximum atomic E-state index is 13.3. The van der Waals surface area contributed by atoms with E-state index in [2.05, 4.69) is 0 Å². The highest BCUT2D eigenvalue weighted by Gasteiger charge is 2.31. The Hall–Kier alpha value is -1.69. The fourth-order valence-electron chi connectivity index (χ4n) is 1.74. The van der Waals surface area contributed by atoms with Crippen molar-refractivity contribution in [2.24, 2.45) is 5.73 Å². The average Bonchev–Trinajstić information content (AvgIpc) is 2.74. The standard InChI is InChI=1S/C12H13F2NO3/c1-12(13,14)7-4-8(9(16)2-3-15)11-10(5-7)17-6-18-11/h4-5H,2-3,6,15H2,1H3. The lowest BCUT2D eigenvalue weighted by Gasteiger charge is -2.13. The van der Waals surface area contributed by atoms with E-state index in [0.717, 1.165) is 13.0 Å². The highest BCUT2D eigenvalue weighted by Crippen LogP contribution is 2.41. The Kier molecular flexibility index (Phi) is 3.21. The van der Waals surface area contributed by atoms with E-state index in [1.54, 1.807) is 0 Å². The van der Waals surface area contributed by atoms with Crippen molar-refractivity contribution in [1.29, 1.82) is 0 Å². The van der Waals surface area contributed by atoms with Crippen LogP contribution >= 0.6 is 0 Å². The number of rotatable bonds is 4. The van der Waals surface area contributed by atoms with E-state index in [1.807, 2.05) is 0 Å². The zero-order valence-electron chi connectivity index (χ0n) is 9.83. The van der Waals surface area contributed by atoms with E-state index < -0.39 is 5.92 Å². The summed E-state index contributed by atoms with van der Waals surface area (Å²) in [6, 6.07) is 2.34. The smallest absolute Gasteiger partial charge is 0.270 e. The van der Waals surface area contributed by atoms with E-state index >= 15 is 0 Å². The summed E-state index contributed by atoms with van der Waals surface area (Å²) in [6.45, 7) is 0.847. The van der Waals surface area contributed by atoms with Crippen LogP contribution in [0.15, 0.2) is 12.1 Å². The first-order valence-electron chi connectivity index (χ1n) is 5.48. The van der Waals surface area contributed by atoms with Crippen LogP contribution in [0.4, 0.5) is 8.78 Å². The molecule has 0 radical (unpaired) electrons. The second-order valence-electron chi connectivity index (χ2n) is 4.11. The Morgan fingerprint density at radius 2 is 2.17 bits per heavy atom. The van der Waals surface area contributed by atoms with Crippen LogP contribution in [-0.4, -0.2) is 19.1 Å². The Bertz CT molecular complexity index is 483. The van der Waals surface area contributed by atoms with Crippen LogP contribution in [0.1, 0.15) is 29.3 Å². The first kappa shape index (κ1) is 12.8. The molecule has 2 N–H and O–H groups in total. The van der Waals surface area contributed by atoms with Gasteiger partial charge in [0.05, 0.1) is 5.56 Å². The molecule has 6 heteroatoms. The molecule has 0 fully saturated rings. The molecule has 1 aliphatic heterocycles. The molecule has 0 aliphatic carbocycles. The highest BCUT2D eigenvalue weighted by molar-refractivity contribution is 6.00. The Balaban J connectivity index is 2.50. The summed E-state index contributed by atoms with van der Waals surface area (Å²) >= 11 is 0. The number of nitrogens with two attached hydrogens (primary N) is 1. The number of Topliss-reactive ketones (excluding diaryl/α,β-unsaturated/α-hetero) is 1. The number of carbonyl (C=O) groups excluding carboxylic acids is 1. The predicted molar refractivity (Wildman–Crippen MR) is 60.1 cm³/mol. The van der Waals surface area contributed by atoms with Crippen LogP contribution in [0.25, 0.3) is 0 Å². The minimum atomic E-state index is -3.04. The second kappa shape index (κ2) is 4.53. The molecule has 98 valence electrons. The minimum absolute atomic E-state index is 0.0724. The van der Waals surface area contributed by atoms with Gasteiger partial charge in [0.1, 0.15) is 0 Å². The van der Waals surface area contributed by atoms with Gasteiger partial charge >= 0.3 is 0 Å². The monoisotopic (exact) mass is 257 g/mol. The van der Waals surface area contributed by atoms with E-state index in [9.17, 15) is 13.6 Å². The lowest BCUT2D eigenvalue weighted by atomic mass is 10.0. The first-order valence-corrected chi connectivity index (χ1v) is 5.48. The van der Waals surface area contributed by atoms with Crippen molar-refractivity contribution in [3.8, 4) is 11.5 Å². The van der Waals surface area contributed by atoms with Gasteiger partial charge < -0.3 is 15.2 Å². The number of alkyl halides is 2. The molecule has 0 atom stereocenters. The van der Waals surface area contributed by atoms with E-state index in [4.69, 9.17) is 15.2 Å².